The third kappa shape index (κ3) is 4.99. The fourth-order valence-corrected chi connectivity index (χ4v) is 2.21. The second kappa shape index (κ2) is 6.58. The SMILES string of the molecule is CCNC(CCC(C)(C)C)c1ccc(Cl)c(C)c1. The minimum atomic E-state index is 0.384. The highest BCUT2D eigenvalue weighted by Crippen LogP contribution is 2.29. The molecule has 2 heteroatoms. The van der Waals surface area contributed by atoms with Crippen LogP contribution in [0, 0.1) is 12.3 Å². The standard InChI is InChI=1S/C16H26ClN/c1-6-18-15(9-10-16(3,4)5)13-7-8-14(17)12(2)11-13/h7-8,11,15,18H,6,9-10H2,1-5H3. The summed E-state index contributed by atoms with van der Waals surface area (Å²) in [6.45, 7) is 12.1. The van der Waals surface area contributed by atoms with Crippen LogP contribution in [0.2, 0.25) is 5.02 Å². The predicted octanol–water partition coefficient (Wildman–Crippen LogP) is 5.13. The normalized spacial score (nSPS) is 13.7. The van der Waals surface area contributed by atoms with Gasteiger partial charge in [-0.15, -0.1) is 0 Å². The first-order valence-corrected chi connectivity index (χ1v) is 7.20. The number of aryl methyl sites for hydroxylation is 1. The minimum absolute atomic E-state index is 0.384. The van der Waals surface area contributed by atoms with Crippen molar-refractivity contribution in [3.05, 3.63) is 34.3 Å². The number of rotatable bonds is 5. The zero-order valence-electron chi connectivity index (χ0n) is 12.3. The van der Waals surface area contributed by atoms with Gasteiger partial charge in [-0.05, 0) is 48.9 Å². The molecule has 1 atom stereocenters. The van der Waals surface area contributed by atoms with Gasteiger partial charge in [-0.25, -0.2) is 0 Å². The maximum atomic E-state index is 6.09. The molecule has 0 bridgehead atoms. The van der Waals surface area contributed by atoms with Gasteiger partial charge in [0.15, 0.2) is 0 Å². The zero-order valence-corrected chi connectivity index (χ0v) is 13.1. The molecule has 0 aromatic heterocycles. The van der Waals surface area contributed by atoms with E-state index in [1.165, 1.54) is 18.4 Å². The number of hydrogen-bond donors (Lipinski definition) is 1. The monoisotopic (exact) mass is 267 g/mol. The Balaban J connectivity index is 2.80. The molecular formula is C16H26ClN. The Morgan fingerprint density at radius 2 is 1.94 bits per heavy atom. The molecule has 0 saturated carbocycles. The molecule has 1 nitrogen and oxygen atoms in total. The molecule has 0 aliphatic heterocycles. The van der Waals surface area contributed by atoms with E-state index in [1.807, 2.05) is 6.07 Å². The van der Waals surface area contributed by atoms with E-state index in [0.717, 1.165) is 17.1 Å². The number of hydrogen-bond acceptors (Lipinski definition) is 1. The first kappa shape index (κ1) is 15.5. The molecule has 0 aliphatic carbocycles. The first-order chi connectivity index (χ1) is 8.33. The smallest absolute Gasteiger partial charge is 0.0435 e. The second-order valence-corrected chi connectivity index (χ2v) is 6.63. The Hall–Kier alpha value is -0.530. The summed E-state index contributed by atoms with van der Waals surface area (Å²) in [6, 6.07) is 6.79. The highest BCUT2D eigenvalue weighted by molar-refractivity contribution is 6.31. The fourth-order valence-electron chi connectivity index (χ4n) is 2.09. The quantitative estimate of drug-likeness (QED) is 0.780. The molecular weight excluding hydrogens is 242 g/mol. The summed E-state index contributed by atoms with van der Waals surface area (Å²) in [5.41, 5.74) is 2.89. The first-order valence-electron chi connectivity index (χ1n) is 6.83. The molecule has 1 unspecified atom stereocenters. The van der Waals surface area contributed by atoms with Crippen molar-refractivity contribution >= 4 is 11.6 Å². The van der Waals surface area contributed by atoms with Crippen LogP contribution in [-0.4, -0.2) is 6.54 Å². The van der Waals surface area contributed by atoms with E-state index in [1.54, 1.807) is 0 Å². The Kier molecular flexibility index (Phi) is 5.68. The third-order valence-corrected chi connectivity index (χ3v) is 3.64. The molecule has 102 valence electrons. The van der Waals surface area contributed by atoms with Crippen LogP contribution in [-0.2, 0) is 0 Å². The largest absolute Gasteiger partial charge is 0.310 e. The van der Waals surface area contributed by atoms with Crippen LogP contribution in [0.3, 0.4) is 0 Å². The van der Waals surface area contributed by atoms with Crippen molar-refractivity contribution in [1.29, 1.82) is 0 Å². The van der Waals surface area contributed by atoms with E-state index in [2.05, 4.69) is 52.1 Å². The molecule has 0 spiro atoms. The van der Waals surface area contributed by atoms with Gasteiger partial charge in [-0.2, -0.15) is 0 Å². The van der Waals surface area contributed by atoms with E-state index in [0.29, 0.717) is 11.5 Å². The average Bonchev–Trinajstić information content (AvgIpc) is 2.27. The van der Waals surface area contributed by atoms with Crippen LogP contribution in [0.15, 0.2) is 18.2 Å². The molecule has 0 aliphatic rings. The average molecular weight is 268 g/mol. The Bertz CT molecular complexity index is 379. The molecule has 1 aromatic rings. The van der Waals surface area contributed by atoms with Crippen LogP contribution in [0.1, 0.15) is 57.7 Å². The van der Waals surface area contributed by atoms with Gasteiger partial charge in [0.1, 0.15) is 0 Å². The van der Waals surface area contributed by atoms with Gasteiger partial charge in [0.2, 0.25) is 0 Å². The van der Waals surface area contributed by atoms with Crippen LogP contribution in [0.25, 0.3) is 0 Å². The topological polar surface area (TPSA) is 12.0 Å². The Morgan fingerprint density at radius 1 is 1.28 bits per heavy atom. The summed E-state index contributed by atoms with van der Waals surface area (Å²) < 4.78 is 0. The van der Waals surface area contributed by atoms with E-state index >= 15 is 0 Å². The molecule has 0 radical (unpaired) electrons. The van der Waals surface area contributed by atoms with Crippen LogP contribution in [0.4, 0.5) is 0 Å². The summed E-state index contributed by atoms with van der Waals surface area (Å²) in [5.74, 6) is 0. The predicted molar refractivity (Wildman–Crippen MR) is 81.3 cm³/mol. The van der Waals surface area contributed by atoms with Crippen molar-refractivity contribution in [1.82, 2.24) is 5.32 Å². The van der Waals surface area contributed by atoms with Gasteiger partial charge in [0.25, 0.3) is 0 Å². The van der Waals surface area contributed by atoms with Crippen molar-refractivity contribution in [2.24, 2.45) is 5.41 Å². The molecule has 1 rings (SSSR count). The van der Waals surface area contributed by atoms with Crippen LogP contribution >= 0.6 is 11.6 Å². The second-order valence-electron chi connectivity index (χ2n) is 6.22. The van der Waals surface area contributed by atoms with Crippen LogP contribution < -0.4 is 5.32 Å². The maximum absolute atomic E-state index is 6.09. The van der Waals surface area contributed by atoms with Crippen molar-refractivity contribution in [2.45, 2.75) is 53.5 Å². The lowest BCUT2D eigenvalue weighted by Crippen LogP contribution is -2.22. The van der Waals surface area contributed by atoms with Crippen molar-refractivity contribution in [3.8, 4) is 0 Å². The van der Waals surface area contributed by atoms with E-state index in [-0.39, 0.29) is 0 Å². The highest BCUT2D eigenvalue weighted by Gasteiger charge is 2.16. The van der Waals surface area contributed by atoms with Crippen molar-refractivity contribution < 1.29 is 0 Å². The minimum Gasteiger partial charge on any atom is -0.310 e. The number of halogens is 1. The summed E-state index contributed by atoms with van der Waals surface area (Å²) in [6.07, 6.45) is 2.38. The summed E-state index contributed by atoms with van der Waals surface area (Å²) in [5, 5.41) is 4.43. The summed E-state index contributed by atoms with van der Waals surface area (Å²) in [4.78, 5) is 0. The lowest BCUT2D eigenvalue weighted by atomic mass is 9.87. The molecule has 0 saturated heterocycles. The number of benzene rings is 1. The van der Waals surface area contributed by atoms with E-state index < -0.39 is 0 Å². The lowest BCUT2D eigenvalue weighted by Gasteiger charge is -2.24. The Morgan fingerprint density at radius 3 is 2.44 bits per heavy atom. The summed E-state index contributed by atoms with van der Waals surface area (Å²) in [7, 11) is 0. The fraction of sp³-hybridized carbons (Fsp3) is 0.625. The van der Waals surface area contributed by atoms with Gasteiger partial charge >= 0.3 is 0 Å². The van der Waals surface area contributed by atoms with Crippen molar-refractivity contribution in [3.63, 3.8) is 0 Å². The third-order valence-electron chi connectivity index (χ3n) is 3.22. The molecule has 1 N–H and O–H groups in total. The van der Waals surface area contributed by atoms with Gasteiger partial charge < -0.3 is 5.32 Å². The molecule has 18 heavy (non-hydrogen) atoms. The Labute approximate surface area is 117 Å². The van der Waals surface area contributed by atoms with E-state index in [9.17, 15) is 0 Å². The van der Waals surface area contributed by atoms with Crippen molar-refractivity contribution in [2.75, 3.05) is 6.54 Å². The van der Waals surface area contributed by atoms with Gasteiger partial charge in [0, 0.05) is 11.1 Å². The van der Waals surface area contributed by atoms with Gasteiger partial charge in [-0.3, -0.25) is 0 Å². The molecule has 0 heterocycles. The molecule has 0 fully saturated rings. The van der Waals surface area contributed by atoms with Crippen LogP contribution in [0.5, 0.6) is 0 Å². The summed E-state index contributed by atoms with van der Waals surface area (Å²) >= 11 is 6.09. The molecule has 1 aromatic carbocycles. The number of nitrogens with one attached hydrogen (secondary N) is 1. The van der Waals surface area contributed by atoms with E-state index in [4.69, 9.17) is 11.6 Å². The lowest BCUT2D eigenvalue weighted by molar-refractivity contribution is 0.334. The zero-order chi connectivity index (χ0) is 13.8. The van der Waals surface area contributed by atoms with Gasteiger partial charge in [0.05, 0.1) is 0 Å². The highest BCUT2D eigenvalue weighted by atomic mass is 35.5. The maximum Gasteiger partial charge on any atom is 0.0435 e. The molecule has 0 amide bonds. The van der Waals surface area contributed by atoms with Gasteiger partial charge in [-0.1, -0.05) is 51.4 Å².